The van der Waals surface area contributed by atoms with E-state index in [4.69, 9.17) is 9.15 Å². The molecule has 0 unspecified atom stereocenters. The van der Waals surface area contributed by atoms with Gasteiger partial charge in [-0.3, -0.25) is 4.79 Å². The summed E-state index contributed by atoms with van der Waals surface area (Å²) in [5.74, 6) is 1.80. The van der Waals surface area contributed by atoms with Crippen molar-refractivity contribution < 1.29 is 13.9 Å². The summed E-state index contributed by atoms with van der Waals surface area (Å²) in [4.78, 5) is 14.0. The van der Waals surface area contributed by atoms with Gasteiger partial charge in [0.2, 0.25) is 5.91 Å². The molecule has 0 spiro atoms. The van der Waals surface area contributed by atoms with Crippen LogP contribution in [0.15, 0.2) is 16.5 Å². The molecule has 18 heavy (non-hydrogen) atoms. The van der Waals surface area contributed by atoms with Gasteiger partial charge in [0.25, 0.3) is 0 Å². The van der Waals surface area contributed by atoms with Crippen molar-refractivity contribution in [3.8, 4) is 0 Å². The average Bonchev–Trinajstić information content (AvgIpc) is 3.10. The molecule has 0 atom stereocenters. The zero-order chi connectivity index (χ0) is 13.0. The van der Waals surface area contributed by atoms with E-state index in [1.54, 1.807) is 0 Å². The van der Waals surface area contributed by atoms with Crippen molar-refractivity contribution in [3.63, 3.8) is 0 Å². The smallest absolute Gasteiger partial charge is 0.249 e. The van der Waals surface area contributed by atoms with Gasteiger partial charge in [0, 0.05) is 12.6 Å². The van der Waals surface area contributed by atoms with Crippen LogP contribution in [0.4, 0.5) is 0 Å². The van der Waals surface area contributed by atoms with Crippen molar-refractivity contribution in [2.75, 3.05) is 13.2 Å². The first-order valence-corrected chi connectivity index (χ1v) is 6.63. The Morgan fingerprint density at radius 2 is 2.28 bits per heavy atom. The zero-order valence-electron chi connectivity index (χ0n) is 11.1. The predicted molar refractivity (Wildman–Crippen MR) is 68.1 cm³/mol. The van der Waals surface area contributed by atoms with Crippen molar-refractivity contribution in [2.45, 2.75) is 45.7 Å². The van der Waals surface area contributed by atoms with Crippen LogP contribution in [0.5, 0.6) is 0 Å². The fourth-order valence-electron chi connectivity index (χ4n) is 1.93. The number of carbonyl (C=O) groups excluding carboxylic acids is 1. The van der Waals surface area contributed by atoms with Gasteiger partial charge in [-0.05, 0) is 38.3 Å². The molecular formula is C14H21NO3. The van der Waals surface area contributed by atoms with E-state index in [0.717, 1.165) is 30.8 Å². The lowest BCUT2D eigenvalue weighted by Gasteiger charge is -2.21. The minimum Gasteiger partial charge on any atom is -0.464 e. The third-order valence-corrected chi connectivity index (χ3v) is 3.00. The molecule has 0 saturated heterocycles. The van der Waals surface area contributed by atoms with Gasteiger partial charge in [0.15, 0.2) is 0 Å². The molecule has 0 N–H and O–H groups in total. The van der Waals surface area contributed by atoms with Crippen molar-refractivity contribution in [1.29, 1.82) is 0 Å². The maximum Gasteiger partial charge on any atom is 0.249 e. The minimum atomic E-state index is 0.0694. The molecule has 2 rings (SSSR count). The van der Waals surface area contributed by atoms with E-state index in [-0.39, 0.29) is 12.5 Å². The first kappa shape index (κ1) is 13.1. The zero-order valence-corrected chi connectivity index (χ0v) is 11.1. The van der Waals surface area contributed by atoms with Crippen LogP contribution < -0.4 is 0 Å². The first-order valence-electron chi connectivity index (χ1n) is 6.63. The Hall–Kier alpha value is -1.29. The summed E-state index contributed by atoms with van der Waals surface area (Å²) in [6, 6.07) is 4.25. The molecule has 0 aromatic carbocycles. The van der Waals surface area contributed by atoms with Gasteiger partial charge in [-0.2, -0.15) is 0 Å². The van der Waals surface area contributed by atoms with Crippen molar-refractivity contribution in [1.82, 2.24) is 4.90 Å². The van der Waals surface area contributed by atoms with E-state index in [9.17, 15) is 4.79 Å². The molecule has 0 aliphatic heterocycles. The second-order valence-electron chi connectivity index (χ2n) is 4.82. The normalized spacial score (nSPS) is 14.8. The Labute approximate surface area is 108 Å². The molecule has 4 nitrogen and oxygen atoms in total. The number of hydrogen-bond acceptors (Lipinski definition) is 3. The molecule has 4 heteroatoms. The van der Waals surface area contributed by atoms with Gasteiger partial charge in [-0.15, -0.1) is 0 Å². The highest BCUT2D eigenvalue weighted by Crippen LogP contribution is 2.28. The Balaban J connectivity index is 1.89. The Morgan fingerprint density at radius 1 is 1.50 bits per heavy atom. The maximum atomic E-state index is 12.1. The van der Waals surface area contributed by atoms with Gasteiger partial charge in [0.1, 0.15) is 18.1 Å². The van der Waals surface area contributed by atoms with E-state index < -0.39 is 0 Å². The van der Waals surface area contributed by atoms with Gasteiger partial charge in [-0.1, -0.05) is 6.92 Å². The molecule has 1 amide bonds. The fraction of sp³-hybridized carbons (Fsp3) is 0.643. The first-order chi connectivity index (χ1) is 8.70. The molecule has 1 heterocycles. The molecule has 1 saturated carbocycles. The lowest BCUT2D eigenvalue weighted by atomic mass is 10.3. The number of carbonyl (C=O) groups is 1. The van der Waals surface area contributed by atoms with Crippen LogP contribution in [-0.2, 0) is 16.1 Å². The number of aryl methyl sites for hydroxylation is 1. The highest BCUT2D eigenvalue weighted by Gasteiger charge is 2.32. The van der Waals surface area contributed by atoms with E-state index in [1.165, 1.54) is 0 Å². The summed E-state index contributed by atoms with van der Waals surface area (Å²) < 4.78 is 10.9. The van der Waals surface area contributed by atoms with E-state index in [1.807, 2.05) is 30.9 Å². The summed E-state index contributed by atoms with van der Waals surface area (Å²) in [5, 5.41) is 0. The molecule has 0 bridgehead atoms. The van der Waals surface area contributed by atoms with Crippen molar-refractivity contribution in [2.24, 2.45) is 0 Å². The quantitative estimate of drug-likeness (QED) is 0.699. The molecule has 1 aromatic heterocycles. The SMILES string of the molecule is CCCOCC(=O)N(Cc1ccc(C)o1)C1CC1. The maximum absolute atomic E-state index is 12.1. The number of ether oxygens (including phenoxy) is 1. The fourth-order valence-corrected chi connectivity index (χ4v) is 1.93. The highest BCUT2D eigenvalue weighted by molar-refractivity contribution is 5.78. The molecule has 1 aliphatic carbocycles. The molecule has 1 fully saturated rings. The molecular weight excluding hydrogens is 230 g/mol. The van der Waals surface area contributed by atoms with E-state index in [2.05, 4.69) is 0 Å². The van der Waals surface area contributed by atoms with Gasteiger partial charge < -0.3 is 14.1 Å². The number of furan rings is 1. The largest absolute Gasteiger partial charge is 0.464 e. The van der Waals surface area contributed by atoms with Crippen LogP contribution in [0.25, 0.3) is 0 Å². The van der Waals surface area contributed by atoms with Gasteiger partial charge in [-0.25, -0.2) is 0 Å². The minimum absolute atomic E-state index is 0.0694. The topological polar surface area (TPSA) is 42.7 Å². The molecule has 1 aromatic rings. The molecule has 0 radical (unpaired) electrons. The monoisotopic (exact) mass is 251 g/mol. The van der Waals surface area contributed by atoms with Crippen LogP contribution in [0.1, 0.15) is 37.7 Å². The lowest BCUT2D eigenvalue weighted by molar-refractivity contribution is -0.137. The van der Waals surface area contributed by atoms with Gasteiger partial charge >= 0.3 is 0 Å². The summed E-state index contributed by atoms with van der Waals surface area (Å²) in [6.07, 6.45) is 3.13. The van der Waals surface area contributed by atoms with Crippen LogP contribution in [-0.4, -0.2) is 30.1 Å². The Bertz CT molecular complexity index is 395. The third kappa shape index (κ3) is 3.60. The molecule has 1 aliphatic rings. The van der Waals surface area contributed by atoms with Crippen LogP contribution >= 0.6 is 0 Å². The summed E-state index contributed by atoms with van der Waals surface area (Å²) in [5.41, 5.74) is 0. The second kappa shape index (κ2) is 6.05. The average molecular weight is 251 g/mol. The van der Waals surface area contributed by atoms with Crippen LogP contribution in [0.3, 0.4) is 0 Å². The highest BCUT2D eigenvalue weighted by atomic mass is 16.5. The Kier molecular flexibility index (Phi) is 4.42. The standard InChI is InChI=1S/C14H21NO3/c1-3-8-17-10-14(16)15(12-5-6-12)9-13-7-4-11(2)18-13/h4,7,12H,3,5-6,8-10H2,1-2H3. The number of nitrogens with zero attached hydrogens (tertiary/aromatic N) is 1. The van der Waals surface area contributed by atoms with Crippen molar-refractivity contribution >= 4 is 5.91 Å². The Morgan fingerprint density at radius 3 is 2.83 bits per heavy atom. The van der Waals surface area contributed by atoms with Crippen LogP contribution in [0, 0.1) is 6.92 Å². The van der Waals surface area contributed by atoms with E-state index in [0.29, 0.717) is 19.2 Å². The van der Waals surface area contributed by atoms with E-state index >= 15 is 0 Å². The summed E-state index contributed by atoms with van der Waals surface area (Å²) in [6.45, 7) is 5.34. The second-order valence-corrected chi connectivity index (χ2v) is 4.82. The number of rotatable bonds is 7. The van der Waals surface area contributed by atoms with Crippen LogP contribution in [0.2, 0.25) is 0 Å². The number of hydrogen-bond donors (Lipinski definition) is 0. The number of amides is 1. The van der Waals surface area contributed by atoms with Crippen molar-refractivity contribution in [3.05, 3.63) is 23.7 Å². The summed E-state index contributed by atoms with van der Waals surface area (Å²) >= 11 is 0. The predicted octanol–water partition coefficient (Wildman–Crippen LogP) is 2.51. The lowest BCUT2D eigenvalue weighted by Crippen LogP contribution is -2.35. The van der Waals surface area contributed by atoms with Gasteiger partial charge in [0.05, 0.1) is 6.54 Å². The third-order valence-electron chi connectivity index (χ3n) is 3.00. The molecule has 100 valence electrons. The summed E-state index contributed by atoms with van der Waals surface area (Å²) in [7, 11) is 0.